The minimum atomic E-state index is -0.0956. The van der Waals surface area contributed by atoms with Gasteiger partial charge in [0.05, 0.1) is 17.6 Å². The number of nitrogens with zero attached hydrogens (tertiary/aromatic N) is 2. The van der Waals surface area contributed by atoms with Crippen molar-refractivity contribution in [2.45, 2.75) is 26.3 Å². The molecular weight excluding hydrogens is 422 g/mol. The van der Waals surface area contributed by atoms with Gasteiger partial charge in [-0.15, -0.1) is 0 Å². The summed E-state index contributed by atoms with van der Waals surface area (Å²) in [6.45, 7) is 3.89. The summed E-state index contributed by atoms with van der Waals surface area (Å²) < 4.78 is 8.23. The highest BCUT2D eigenvalue weighted by molar-refractivity contribution is 6.30. The van der Waals surface area contributed by atoms with Gasteiger partial charge in [-0.1, -0.05) is 41.9 Å². The average Bonchev–Trinajstić information content (AvgIpc) is 3.16. The third-order valence-electron chi connectivity index (χ3n) is 5.37. The number of aromatic nitrogens is 2. The molecule has 1 amide bonds. The quantitative estimate of drug-likeness (QED) is 0.347. The Morgan fingerprint density at radius 2 is 1.78 bits per heavy atom. The standard InChI is InChI=1S/C26H26ClN3O2/c1-19-7-2-5-10-24(19)32-18-17-30-23-9-4-3-8-22(23)29-25(30)11-6-16-28-26(31)20-12-14-21(27)15-13-20/h2-5,7-10,12-15H,6,11,16-18H2,1H3,(H,28,31). The maximum Gasteiger partial charge on any atom is 0.251 e. The highest BCUT2D eigenvalue weighted by Crippen LogP contribution is 2.19. The Kier molecular flexibility index (Phi) is 7.07. The maximum absolute atomic E-state index is 12.3. The molecule has 0 saturated carbocycles. The van der Waals surface area contributed by atoms with Crippen LogP contribution in [0.3, 0.4) is 0 Å². The Morgan fingerprint density at radius 3 is 2.59 bits per heavy atom. The van der Waals surface area contributed by atoms with Crippen LogP contribution in [0.25, 0.3) is 11.0 Å². The maximum atomic E-state index is 12.3. The molecule has 6 heteroatoms. The number of imidazole rings is 1. The molecule has 5 nitrogen and oxygen atoms in total. The van der Waals surface area contributed by atoms with Crippen LogP contribution in [0.15, 0.2) is 72.8 Å². The Hall–Kier alpha value is -3.31. The molecule has 0 saturated heterocycles. The molecule has 0 aliphatic rings. The second kappa shape index (κ2) is 10.3. The number of para-hydroxylation sites is 3. The van der Waals surface area contributed by atoms with Crippen molar-refractivity contribution in [3.63, 3.8) is 0 Å². The van der Waals surface area contributed by atoms with Crippen molar-refractivity contribution < 1.29 is 9.53 Å². The summed E-state index contributed by atoms with van der Waals surface area (Å²) in [5, 5.41) is 3.59. The van der Waals surface area contributed by atoms with E-state index in [1.807, 2.05) is 49.4 Å². The van der Waals surface area contributed by atoms with Crippen molar-refractivity contribution in [2.24, 2.45) is 0 Å². The topological polar surface area (TPSA) is 56.1 Å². The molecule has 0 aliphatic heterocycles. The van der Waals surface area contributed by atoms with Crippen molar-refractivity contribution >= 4 is 28.5 Å². The molecule has 4 aromatic rings. The lowest BCUT2D eigenvalue weighted by Gasteiger charge is -2.12. The zero-order valence-electron chi connectivity index (χ0n) is 18.1. The van der Waals surface area contributed by atoms with Crippen LogP contribution >= 0.6 is 11.6 Å². The van der Waals surface area contributed by atoms with Crippen molar-refractivity contribution in [1.82, 2.24) is 14.9 Å². The van der Waals surface area contributed by atoms with E-state index in [1.54, 1.807) is 24.3 Å². The molecule has 0 bridgehead atoms. The normalized spacial score (nSPS) is 10.9. The molecule has 164 valence electrons. The lowest BCUT2D eigenvalue weighted by atomic mass is 10.2. The molecule has 0 unspecified atom stereocenters. The predicted molar refractivity (Wildman–Crippen MR) is 129 cm³/mol. The van der Waals surface area contributed by atoms with Gasteiger partial charge in [0.1, 0.15) is 18.2 Å². The number of amides is 1. The number of fused-ring (bicyclic) bond motifs is 1. The molecule has 1 heterocycles. The number of hydrogen-bond donors (Lipinski definition) is 1. The zero-order chi connectivity index (χ0) is 22.3. The Labute approximate surface area is 193 Å². The molecule has 1 N–H and O–H groups in total. The molecule has 0 aliphatic carbocycles. The smallest absolute Gasteiger partial charge is 0.251 e. The van der Waals surface area contributed by atoms with Crippen molar-refractivity contribution in [3.8, 4) is 5.75 Å². The van der Waals surface area contributed by atoms with Gasteiger partial charge < -0.3 is 14.6 Å². The van der Waals surface area contributed by atoms with Crippen LogP contribution in [-0.4, -0.2) is 28.6 Å². The first-order valence-corrected chi connectivity index (χ1v) is 11.2. The minimum Gasteiger partial charge on any atom is -0.491 e. The van der Waals surface area contributed by atoms with Crippen LogP contribution in [0.1, 0.15) is 28.2 Å². The third kappa shape index (κ3) is 5.29. The van der Waals surface area contributed by atoms with Crippen LogP contribution in [0.2, 0.25) is 5.02 Å². The van der Waals surface area contributed by atoms with Gasteiger partial charge in [-0.3, -0.25) is 4.79 Å². The van der Waals surface area contributed by atoms with E-state index in [9.17, 15) is 4.79 Å². The summed E-state index contributed by atoms with van der Waals surface area (Å²) in [7, 11) is 0. The van der Waals surface area contributed by atoms with E-state index < -0.39 is 0 Å². The zero-order valence-corrected chi connectivity index (χ0v) is 18.8. The first kappa shape index (κ1) is 21.9. The summed E-state index contributed by atoms with van der Waals surface area (Å²) in [5.41, 5.74) is 3.80. The number of halogens is 1. The number of nitrogens with one attached hydrogen (secondary N) is 1. The highest BCUT2D eigenvalue weighted by Gasteiger charge is 2.11. The van der Waals surface area contributed by atoms with E-state index in [4.69, 9.17) is 21.3 Å². The van der Waals surface area contributed by atoms with Crippen LogP contribution in [0.4, 0.5) is 0 Å². The van der Waals surface area contributed by atoms with Gasteiger partial charge in [-0.25, -0.2) is 4.98 Å². The van der Waals surface area contributed by atoms with E-state index in [0.717, 1.165) is 41.0 Å². The summed E-state index contributed by atoms with van der Waals surface area (Å²) in [6, 6.07) is 23.1. The Bertz CT molecular complexity index is 1200. The Balaban J connectivity index is 1.37. The summed E-state index contributed by atoms with van der Waals surface area (Å²) >= 11 is 5.89. The fourth-order valence-electron chi connectivity index (χ4n) is 3.68. The monoisotopic (exact) mass is 447 g/mol. The molecule has 0 fully saturated rings. The number of hydrogen-bond acceptors (Lipinski definition) is 3. The molecular formula is C26H26ClN3O2. The number of carbonyl (C=O) groups is 1. The summed E-state index contributed by atoms with van der Waals surface area (Å²) in [6.07, 6.45) is 1.56. The van der Waals surface area contributed by atoms with Gasteiger partial charge in [0, 0.05) is 23.6 Å². The fourth-order valence-corrected chi connectivity index (χ4v) is 3.81. The second-order valence-corrected chi connectivity index (χ2v) is 8.09. The molecule has 0 radical (unpaired) electrons. The Morgan fingerprint density at radius 1 is 1.03 bits per heavy atom. The van der Waals surface area contributed by atoms with E-state index in [2.05, 4.69) is 16.0 Å². The third-order valence-corrected chi connectivity index (χ3v) is 5.62. The van der Waals surface area contributed by atoms with Gasteiger partial charge in [0.15, 0.2) is 0 Å². The van der Waals surface area contributed by atoms with Gasteiger partial charge >= 0.3 is 0 Å². The summed E-state index contributed by atoms with van der Waals surface area (Å²) in [4.78, 5) is 17.1. The summed E-state index contributed by atoms with van der Waals surface area (Å²) in [5.74, 6) is 1.81. The first-order valence-electron chi connectivity index (χ1n) is 10.8. The van der Waals surface area contributed by atoms with E-state index in [0.29, 0.717) is 30.3 Å². The lowest BCUT2D eigenvalue weighted by molar-refractivity contribution is 0.0953. The SMILES string of the molecule is Cc1ccccc1OCCn1c(CCCNC(=O)c2ccc(Cl)cc2)nc2ccccc21. The van der Waals surface area contributed by atoms with Gasteiger partial charge in [-0.05, 0) is 61.4 Å². The van der Waals surface area contributed by atoms with E-state index >= 15 is 0 Å². The van der Waals surface area contributed by atoms with Gasteiger partial charge in [-0.2, -0.15) is 0 Å². The van der Waals surface area contributed by atoms with Crippen molar-refractivity contribution in [3.05, 3.63) is 94.8 Å². The number of rotatable bonds is 9. The van der Waals surface area contributed by atoms with Crippen molar-refractivity contribution in [2.75, 3.05) is 13.2 Å². The molecule has 1 aromatic heterocycles. The number of carbonyl (C=O) groups excluding carboxylic acids is 1. The van der Waals surface area contributed by atoms with Crippen LogP contribution in [0, 0.1) is 6.92 Å². The van der Waals surface area contributed by atoms with Crippen LogP contribution in [-0.2, 0) is 13.0 Å². The molecule has 3 aromatic carbocycles. The van der Waals surface area contributed by atoms with Gasteiger partial charge in [0.2, 0.25) is 0 Å². The van der Waals surface area contributed by atoms with E-state index in [1.165, 1.54) is 0 Å². The second-order valence-electron chi connectivity index (χ2n) is 7.65. The number of ether oxygens (including phenoxy) is 1. The average molecular weight is 448 g/mol. The fraction of sp³-hybridized carbons (Fsp3) is 0.231. The molecule has 0 atom stereocenters. The minimum absolute atomic E-state index is 0.0956. The highest BCUT2D eigenvalue weighted by atomic mass is 35.5. The molecule has 32 heavy (non-hydrogen) atoms. The lowest BCUT2D eigenvalue weighted by Crippen LogP contribution is -2.25. The predicted octanol–water partition coefficient (Wildman–Crippen LogP) is 5.44. The number of benzene rings is 3. The first-order chi connectivity index (χ1) is 15.6. The molecule has 0 spiro atoms. The van der Waals surface area contributed by atoms with Crippen LogP contribution < -0.4 is 10.1 Å². The van der Waals surface area contributed by atoms with Crippen LogP contribution in [0.5, 0.6) is 5.75 Å². The van der Waals surface area contributed by atoms with Crippen molar-refractivity contribution in [1.29, 1.82) is 0 Å². The van der Waals surface area contributed by atoms with E-state index in [-0.39, 0.29) is 5.91 Å². The molecule has 4 rings (SSSR count). The largest absolute Gasteiger partial charge is 0.491 e. The van der Waals surface area contributed by atoms with Gasteiger partial charge in [0.25, 0.3) is 5.91 Å². The number of aryl methyl sites for hydroxylation is 2.